The van der Waals surface area contributed by atoms with E-state index in [4.69, 9.17) is 23.2 Å². The minimum Gasteiger partial charge on any atom is -0.317 e. The standard InChI is InChI=1S/C14H13Cl2N3S/c1-8(15)13-18-11-7-10(16)3-4-12(11)19(13)9(2)14-17-5-6-20-14/h3-9H,1-2H3. The zero-order chi connectivity index (χ0) is 14.3. The smallest absolute Gasteiger partial charge is 0.128 e. The fraction of sp³-hybridized carbons (Fsp3) is 0.286. The van der Waals surface area contributed by atoms with E-state index in [9.17, 15) is 0 Å². The third kappa shape index (κ3) is 2.32. The maximum absolute atomic E-state index is 6.29. The number of alkyl halides is 1. The Labute approximate surface area is 131 Å². The van der Waals surface area contributed by atoms with Gasteiger partial charge in [-0.3, -0.25) is 0 Å². The van der Waals surface area contributed by atoms with Crippen molar-refractivity contribution in [2.45, 2.75) is 25.3 Å². The van der Waals surface area contributed by atoms with Crippen LogP contribution in [-0.4, -0.2) is 14.5 Å². The molecule has 0 N–H and O–H groups in total. The van der Waals surface area contributed by atoms with Gasteiger partial charge in [0.2, 0.25) is 0 Å². The van der Waals surface area contributed by atoms with Crippen molar-refractivity contribution in [2.24, 2.45) is 0 Å². The second-order valence-electron chi connectivity index (χ2n) is 4.64. The molecular weight excluding hydrogens is 313 g/mol. The Kier molecular flexibility index (Phi) is 3.71. The van der Waals surface area contributed by atoms with Crippen LogP contribution in [0.15, 0.2) is 29.8 Å². The molecule has 3 nitrogen and oxygen atoms in total. The average molecular weight is 326 g/mol. The zero-order valence-corrected chi connectivity index (χ0v) is 13.4. The van der Waals surface area contributed by atoms with Gasteiger partial charge in [0.1, 0.15) is 10.8 Å². The molecule has 0 saturated heterocycles. The largest absolute Gasteiger partial charge is 0.317 e. The summed E-state index contributed by atoms with van der Waals surface area (Å²) in [5, 5.41) is 3.52. The van der Waals surface area contributed by atoms with Crippen molar-refractivity contribution in [2.75, 3.05) is 0 Å². The number of imidazole rings is 1. The highest BCUT2D eigenvalue weighted by Crippen LogP contribution is 2.32. The Bertz CT molecular complexity index is 734. The molecule has 2 atom stereocenters. The van der Waals surface area contributed by atoms with Gasteiger partial charge in [0, 0.05) is 16.6 Å². The number of nitrogens with zero attached hydrogens (tertiary/aromatic N) is 3. The molecule has 0 amide bonds. The number of benzene rings is 1. The van der Waals surface area contributed by atoms with Crippen LogP contribution in [0.25, 0.3) is 11.0 Å². The second-order valence-corrected chi connectivity index (χ2v) is 6.65. The lowest BCUT2D eigenvalue weighted by molar-refractivity contribution is 0.615. The van der Waals surface area contributed by atoms with Crippen LogP contribution in [0.1, 0.15) is 36.1 Å². The summed E-state index contributed by atoms with van der Waals surface area (Å²) in [5.74, 6) is 0.839. The lowest BCUT2D eigenvalue weighted by Crippen LogP contribution is -2.11. The van der Waals surface area contributed by atoms with Gasteiger partial charge in [-0.2, -0.15) is 0 Å². The van der Waals surface area contributed by atoms with Gasteiger partial charge >= 0.3 is 0 Å². The SMILES string of the molecule is CC(Cl)c1nc2cc(Cl)ccc2n1C(C)c1nccs1. The van der Waals surface area contributed by atoms with Gasteiger partial charge in [-0.15, -0.1) is 22.9 Å². The van der Waals surface area contributed by atoms with Crippen LogP contribution in [0.2, 0.25) is 5.02 Å². The summed E-state index contributed by atoms with van der Waals surface area (Å²) >= 11 is 14.0. The minimum atomic E-state index is -0.177. The van der Waals surface area contributed by atoms with E-state index in [-0.39, 0.29) is 11.4 Å². The molecule has 1 aromatic carbocycles. The third-order valence-electron chi connectivity index (χ3n) is 3.23. The van der Waals surface area contributed by atoms with E-state index in [2.05, 4.69) is 21.5 Å². The van der Waals surface area contributed by atoms with E-state index in [1.165, 1.54) is 0 Å². The molecular formula is C14H13Cl2N3S. The molecule has 6 heteroatoms. The molecule has 2 heterocycles. The quantitative estimate of drug-likeness (QED) is 0.630. The van der Waals surface area contributed by atoms with Crippen molar-refractivity contribution in [3.63, 3.8) is 0 Å². The Morgan fingerprint density at radius 2 is 2.10 bits per heavy atom. The first-order valence-corrected chi connectivity index (χ1v) is 7.98. The number of aromatic nitrogens is 3. The molecule has 3 rings (SSSR count). The molecule has 0 saturated carbocycles. The minimum absolute atomic E-state index is 0.0948. The predicted octanol–water partition coefficient (Wildman–Crippen LogP) is 5.06. The summed E-state index contributed by atoms with van der Waals surface area (Å²) in [4.78, 5) is 9.03. The van der Waals surface area contributed by atoms with Crippen LogP contribution in [0.5, 0.6) is 0 Å². The summed E-state index contributed by atoms with van der Waals surface area (Å²) in [6.07, 6.45) is 1.82. The van der Waals surface area contributed by atoms with Gasteiger partial charge in [-0.05, 0) is 32.0 Å². The van der Waals surface area contributed by atoms with Crippen molar-refractivity contribution >= 4 is 45.6 Å². The first-order valence-electron chi connectivity index (χ1n) is 6.28. The fourth-order valence-electron chi connectivity index (χ4n) is 2.33. The molecule has 0 bridgehead atoms. The summed E-state index contributed by atoms with van der Waals surface area (Å²) in [6, 6.07) is 5.82. The summed E-state index contributed by atoms with van der Waals surface area (Å²) in [5.41, 5.74) is 1.89. The van der Waals surface area contributed by atoms with Gasteiger partial charge in [0.25, 0.3) is 0 Å². The lowest BCUT2D eigenvalue weighted by atomic mass is 10.2. The molecule has 2 unspecified atom stereocenters. The molecule has 0 spiro atoms. The molecule has 20 heavy (non-hydrogen) atoms. The molecule has 0 aliphatic heterocycles. The number of rotatable bonds is 3. The summed E-state index contributed by atoms with van der Waals surface area (Å²) in [7, 11) is 0. The maximum atomic E-state index is 6.29. The van der Waals surface area contributed by atoms with Crippen molar-refractivity contribution in [3.8, 4) is 0 Å². The molecule has 2 aromatic heterocycles. The van der Waals surface area contributed by atoms with E-state index in [0.29, 0.717) is 5.02 Å². The molecule has 104 valence electrons. The van der Waals surface area contributed by atoms with Gasteiger partial charge in [0.05, 0.1) is 22.5 Å². The average Bonchev–Trinajstić information content (AvgIpc) is 3.04. The van der Waals surface area contributed by atoms with Crippen molar-refractivity contribution < 1.29 is 0 Å². The highest BCUT2D eigenvalue weighted by atomic mass is 35.5. The normalized spacial score (nSPS) is 14.6. The third-order valence-corrected chi connectivity index (χ3v) is 4.61. The van der Waals surface area contributed by atoms with Crippen LogP contribution in [-0.2, 0) is 0 Å². The van der Waals surface area contributed by atoms with Gasteiger partial charge in [-0.25, -0.2) is 9.97 Å². The Balaban J connectivity index is 2.24. The second kappa shape index (κ2) is 5.35. The van der Waals surface area contributed by atoms with Gasteiger partial charge in [0.15, 0.2) is 0 Å². The number of hydrogen-bond donors (Lipinski definition) is 0. The van der Waals surface area contributed by atoms with Gasteiger partial charge in [-0.1, -0.05) is 11.6 Å². The predicted molar refractivity (Wildman–Crippen MR) is 84.9 cm³/mol. The maximum Gasteiger partial charge on any atom is 0.128 e. The first kappa shape index (κ1) is 13.9. The molecule has 3 aromatic rings. The first-order chi connectivity index (χ1) is 9.58. The highest BCUT2D eigenvalue weighted by molar-refractivity contribution is 7.09. The lowest BCUT2D eigenvalue weighted by Gasteiger charge is -2.16. The number of thiazole rings is 1. The van der Waals surface area contributed by atoms with Crippen LogP contribution in [0.3, 0.4) is 0 Å². The fourth-order valence-corrected chi connectivity index (χ4v) is 3.33. The Hall–Kier alpha value is -1.10. The molecule has 0 radical (unpaired) electrons. The summed E-state index contributed by atoms with van der Waals surface area (Å²) in [6.45, 7) is 4.03. The van der Waals surface area contributed by atoms with Crippen LogP contribution in [0, 0.1) is 0 Å². The van der Waals surface area contributed by atoms with Crippen molar-refractivity contribution in [3.05, 3.63) is 45.6 Å². The number of hydrogen-bond acceptors (Lipinski definition) is 3. The van der Waals surface area contributed by atoms with E-state index < -0.39 is 0 Å². The molecule has 0 fully saturated rings. The number of fused-ring (bicyclic) bond motifs is 1. The Morgan fingerprint density at radius 1 is 1.30 bits per heavy atom. The molecule has 0 aliphatic carbocycles. The van der Waals surface area contributed by atoms with Crippen LogP contribution < -0.4 is 0 Å². The van der Waals surface area contributed by atoms with Gasteiger partial charge < -0.3 is 4.57 Å². The zero-order valence-electron chi connectivity index (χ0n) is 11.0. The topological polar surface area (TPSA) is 30.7 Å². The number of halogens is 2. The summed E-state index contributed by atoms with van der Waals surface area (Å²) < 4.78 is 2.14. The van der Waals surface area contributed by atoms with E-state index >= 15 is 0 Å². The van der Waals surface area contributed by atoms with E-state index in [0.717, 1.165) is 21.9 Å². The van der Waals surface area contributed by atoms with Crippen molar-refractivity contribution in [1.82, 2.24) is 14.5 Å². The van der Waals surface area contributed by atoms with E-state index in [1.54, 1.807) is 11.3 Å². The highest BCUT2D eigenvalue weighted by Gasteiger charge is 2.21. The van der Waals surface area contributed by atoms with Crippen LogP contribution in [0.4, 0.5) is 0 Å². The van der Waals surface area contributed by atoms with Crippen molar-refractivity contribution in [1.29, 1.82) is 0 Å². The van der Waals surface area contributed by atoms with Crippen LogP contribution >= 0.6 is 34.5 Å². The van der Waals surface area contributed by atoms with E-state index in [1.807, 2.05) is 36.7 Å². The molecule has 0 aliphatic rings. The monoisotopic (exact) mass is 325 g/mol. The Morgan fingerprint density at radius 3 is 2.75 bits per heavy atom.